The molecule has 0 aliphatic carbocycles. The lowest BCUT2D eigenvalue weighted by Crippen LogP contribution is -2.16. The van der Waals surface area contributed by atoms with Crippen molar-refractivity contribution in [3.8, 4) is 0 Å². The fourth-order valence-electron chi connectivity index (χ4n) is 1.90. The van der Waals surface area contributed by atoms with E-state index in [1.165, 1.54) is 19.2 Å². The largest absolute Gasteiger partial charge is 0.435 e. The van der Waals surface area contributed by atoms with E-state index in [9.17, 15) is 22.8 Å². The molecule has 0 aliphatic rings. The number of amides is 2. The molecule has 6 nitrogen and oxygen atoms in total. The van der Waals surface area contributed by atoms with Crippen LogP contribution in [-0.4, -0.2) is 21.6 Å². The molecule has 1 aromatic carbocycles. The summed E-state index contributed by atoms with van der Waals surface area (Å²) in [5, 5.41) is 8.40. The SMILES string of the molecule is CCC(=O)Nc1ccc(NC(=O)c2cc(C(F)(F)F)nn2C)cc1. The van der Waals surface area contributed by atoms with E-state index in [2.05, 4.69) is 15.7 Å². The highest BCUT2D eigenvalue weighted by Crippen LogP contribution is 2.28. The minimum Gasteiger partial charge on any atom is -0.326 e. The standard InChI is InChI=1S/C15H15F3N4O2/c1-3-13(23)19-9-4-6-10(7-5-9)20-14(24)11-8-12(15(16,17)18)21-22(11)2/h4-8H,3H2,1-2H3,(H,19,23)(H,20,24). The molecule has 0 atom stereocenters. The minimum atomic E-state index is -4.62. The summed E-state index contributed by atoms with van der Waals surface area (Å²) in [5.41, 5.74) is -0.414. The molecule has 0 unspecified atom stereocenters. The summed E-state index contributed by atoms with van der Waals surface area (Å²) >= 11 is 0. The van der Waals surface area contributed by atoms with Gasteiger partial charge in [-0.25, -0.2) is 0 Å². The number of carbonyl (C=O) groups excluding carboxylic acids is 2. The number of nitrogens with one attached hydrogen (secondary N) is 2. The number of rotatable bonds is 4. The Balaban J connectivity index is 2.10. The molecule has 2 aromatic rings. The summed E-state index contributed by atoms with van der Waals surface area (Å²) in [5.74, 6) is -0.868. The zero-order valence-electron chi connectivity index (χ0n) is 12.9. The molecular weight excluding hydrogens is 325 g/mol. The maximum atomic E-state index is 12.6. The highest BCUT2D eigenvalue weighted by molar-refractivity contribution is 6.03. The van der Waals surface area contributed by atoms with Gasteiger partial charge in [0.15, 0.2) is 5.69 Å². The Hall–Kier alpha value is -2.84. The number of hydrogen-bond acceptors (Lipinski definition) is 3. The number of benzene rings is 1. The Bertz CT molecular complexity index is 751. The molecule has 0 radical (unpaired) electrons. The van der Waals surface area contributed by atoms with E-state index in [1.807, 2.05) is 0 Å². The second kappa shape index (κ2) is 6.73. The smallest absolute Gasteiger partial charge is 0.326 e. The van der Waals surface area contributed by atoms with Crippen molar-refractivity contribution in [2.75, 3.05) is 10.6 Å². The Kier molecular flexibility index (Phi) is 4.91. The summed E-state index contributed by atoms with van der Waals surface area (Å²) in [4.78, 5) is 23.3. The normalized spacial score (nSPS) is 11.2. The van der Waals surface area contributed by atoms with Gasteiger partial charge >= 0.3 is 6.18 Å². The van der Waals surface area contributed by atoms with Crippen molar-refractivity contribution in [1.29, 1.82) is 0 Å². The fourth-order valence-corrected chi connectivity index (χ4v) is 1.90. The van der Waals surface area contributed by atoms with E-state index in [4.69, 9.17) is 0 Å². The summed E-state index contributed by atoms with van der Waals surface area (Å²) in [6, 6.07) is 6.90. The summed E-state index contributed by atoms with van der Waals surface area (Å²) in [6.07, 6.45) is -4.28. The molecule has 0 bridgehead atoms. The number of aromatic nitrogens is 2. The van der Waals surface area contributed by atoms with Crippen LogP contribution >= 0.6 is 0 Å². The van der Waals surface area contributed by atoms with Crippen LogP contribution in [0.1, 0.15) is 29.5 Å². The van der Waals surface area contributed by atoms with Gasteiger partial charge in [-0.3, -0.25) is 14.3 Å². The van der Waals surface area contributed by atoms with Crippen LogP contribution in [0.3, 0.4) is 0 Å². The molecule has 128 valence electrons. The molecule has 2 N–H and O–H groups in total. The van der Waals surface area contributed by atoms with Crippen LogP contribution in [0.15, 0.2) is 30.3 Å². The van der Waals surface area contributed by atoms with Crippen molar-refractivity contribution in [2.24, 2.45) is 7.05 Å². The maximum Gasteiger partial charge on any atom is 0.435 e. The molecule has 2 amide bonds. The molecule has 0 spiro atoms. The zero-order chi connectivity index (χ0) is 17.9. The average Bonchev–Trinajstić information content (AvgIpc) is 2.91. The Morgan fingerprint density at radius 1 is 1.12 bits per heavy atom. The second-order valence-electron chi connectivity index (χ2n) is 4.97. The molecule has 24 heavy (non-hydrogen) atoms. The van der Waals surface area contributed by atoms with Crippen LogP contribution in [0.4, 0.5) is 24.5 Å². The van der Waals surface area contributed by atoms with Gasteiger partial charge in [-0.15, -0.1) is 0 Å². The summed E-state index contributed by atoms with van der Waals surface area (Å²) in [6.45, 7) is 1.72. The summed E-state index contributed by atoms with van der Waals surface area (Å²) in [7, 11) is 1.26. The number of aryl methyl sites for hydroxylation is 1. The molecule has 1 aromatic heterocycles. The third-order valence-electron chi connectivity index (χ3n) is 3.15. The zero-order valence-corrected chi connectivity index (χ0v) is 12.9. The van der Waals surface area contributed by atoms with Crippen molar-refractivity contribution >= 4 is 23.2 Å². The van der Waals surface area contributed by atoms with Gasteiger partial charge in [-0.1, -0.05) is 6.92 Å². The number of halogens is 3. The lowest BCUT2D eigenvalue weighted by molar-refractivity contribution is -0.141. The first-order valence-electron chi connectivity index (χ1n) is 7.03. The third kappa shape index (κ3) is 4.12. The Labute approximate surface area is 135 Å². The topological polar surface area (TPSA) is 76.0 Å². The molecule has 1 heterocycles. The highest BCUT2D eigenvalue weighted by atomic mass is 19.4. The van der Waals surface area contributed by atoms with E-state index in [0.717, 1.165) is 4.68 Å². The van der Waals surface area contributed by atoms with Crippen LogP contribution in [0.2, 0.25) is 0 Å². The van der Waals surface area contributed by atoms with Gasteiger partial charge in [0.25, 0.3) is 5.91 Å². The van der Waals surface area contributed by atoms with E-state index >= 15 is 0 Å². The minimum absolute atomic E-state index is 0.152. The number of hydrogen-bond donors (Lipinski definition) is 2. The van der Waals surface area contributed by atoms with Crippen LogP contribution in [0.25, 0.3) is 0 Å². The van der Waals surface area contributed by atoms with E-state index in [1.54, 1.807) is 19.1 Å². The van der Waals surface area contributed by atoms with Crippen molar-refractivity contribution in [3.05, 3.63) is 41.7 Å². The lowest BCUT2D eigenvalue weighted by atomic mass is 10.2. The number of anilines is 2. The van der Waals surface area contributed by atoms with Gasteiger partial charge in [0.05, 0.1) is 0 Å². The van der Waals surface area contributed by atoms with Crippen molar-refractivity contribution in [2.45, 2.75) is 19.5 Å². The molecule has 2 rings (SSSR count). The number of carbonyl (C=O) groups is 2. The quantitative estimate of drug-likeness (QED) is 0.898. The summed E-state index contributed by atoms with van der Waals surface area (Å²) < 4.78 is 38.7. The van der Waals surface area contributed by atoms with Crippen molar-refractivity contribution in [3.63, 3.8) is 0 Å². The van der Waals surface area contributed by atoms with Crippen LogP contribution in [-0.2, 0) is 18.0 Å². The lowest BCUT2D eigenvalue weighted by Gasteiger charge is -2.07. The predicted octanol–water partition coefficient (Wildman–Crippen LogP) is 3.04. The molecule has 0 saturated carbocycles. The first kappa shape index (κ1) is 17.5. The van der Waals surface area contributed by atoms with Gasteiger partial charge < -0.3 is 10.6 Å². The Morgan fingerprint density at radius 2 is 1.67 bits per heavy atom. The van der Waals surface area contributed by atoms with Gasteiger partial charge in [-0.2, -0.15) is 18.3 Å². The highest BCUT2D eigenvalue weighted by Gasteiger charge is 2.35. The van der Waals surface area contributed by atoms with E-state index in [0.29, 0.717) is 23.9 Å². The molecule has 0 fully saturated rings. The van der Waals surface area contributed by atoms with Crippen LogP contribution in [0.5, 0.6) is 0 Å². The van der Waals surface area contributed by atoms with E-state index < -0.39 is 17.8 Å². The van der Waals surface area contributed by atoms with Gasteiger partial charge in [0.1, 0.15) is 5.69 Å². The van der Waals surface area contributed by atoms with Gasteiger partial charge in [0, 0.05) is 30.9 Å². The monoisotopic (exact) mass is 340 g/mol. The fraction of sp³-hybridized carbons (Fsp3) is 0.267. The predicted molar refractivity (Wildman–Crippen MR) is 81.5 cm³/mol. The van der Waals surface area contributed by atoms with Crippen molar-refractivity contribution in [1.82, 2.24) is 9.78 Å². The van der Waals surface area contributed by atoms with Crippen LogP contribution < -0.4 is 10.6 Å². The first-order valence-corrected chi connectivity index (χ1v) is 7.03. The number of nitrogens with zero attached hydrogens (tertiary/aromatic N) is 2. The van der Waals surface area contributed by atoms with Gasteiger partial charge in [0.2, 0.25) is 5.91 Å². The average molecular weight is 340 g/mol. The second-order valence-corrected chi connectivity index (χ2v) is 4.97. The van der Waals surface area contributed by atoms with Crippen molar-refractivity contribution < 1.29 is 22.8 Å². The van der Waals surface area contributed by atoms with E-state index in [-0.39, 0.29) is 11.6 Å². The maximum absolute atomic E-state index is 12.6. The molecule has 9 heteroatoms. The Morgan fingerprint density at radius 3 is 2.12 bits per heavy atom. The van der Waals surface area contributed by atoms with Gasteiger partial charge in [-0.05, 0) is 24.3 Å². The molecular formula is C15H15F3N4O2. The molecule has 0 aliphatic heterocycles. The first-order chi connectivity index (χ1) is 11.2. The van der Waals surface area contributed by atoms with Crippen LogP contribution in [0, 0.1) is 0 Å². The molecule has 0 saturated heterocycles. The third-order valence-corrected chi connectivity index (χ3v) is 3.15. The number of alkyl halides is 3.